The lowest BCUT2D eigenvalue weighted by atomic mass is 10.2. The summed E-state index contributed by atoms with van der Waals surface area (Å²) in [5.41, 5.74) is -1.56. The van der Waals surface area contributed by atoms with E-state index in [0.29, 0.717) is 0 Å². The monoisotopic (exact) mass is 193 g/mol. The Morgan fingerprint density at radius 3 is 2.46 bits per heavy atom. The number of allylic oxidation sites excluding steroid dienone is 1. The summed E-state index contributed by atoms with van der Waals surface area (Å²) in [6.45, 7) is 1.41. The largest absolute Gasteiger partial charge is 0.463 e. The number of carbonyl (C=O) groups excluding carboxylic acids is 1. The molecule has 0 saturated carbocycles. The van der Waals surface area contributed by atoms with E-state index in [1.54, 1.807) is 0 Å². The zero-order chi connectivity index (χ0) is 10.5. The number of ether oxygens (including phenoxy) is 1. The molecule has 6 heteroatoms. The predicted molar refractivity (Wildman–Crippen MR) is 36.4 cm³/mol. The molecule has 0 aromatic rings. The highest BCUT2D eigenvalue weighted by Crippen LogP contribution is 2.24. The van der Waals surface area contributed by atoms with Gasteiger partial charge in [0.1, 0.15) is 11.6 Å². The molecular formula is C7H6F3NO2. The topological polar surface area (TPSA) is 50.1 Å². The van der Waals surface area contributed by atoms with Crippen LogP contribution in [0.2, 0.25) is 0 Å². The van der Waals surface area contributed by atoms with Gasteiger partial charge < -0.3 is 4.74 Å². The van der Waals surface area contributed by atoms with Crippen LogP contribution < -0.4 is 0 Å². The van der Waals surface area contributed by atoms with Crippen molar-refractivity contribution in [3.8, 4) is 6.07 Å². The van der Waals surface area contributed by atoms with E-state index < -0.39 is 17.7 Å². The van der Waals surface area contributed by atoms with Crippen LogP contribution in [0.25, 0.3) is 0 Å². The van der Waals surface area contributed by atoms with Crippen molar-refractivity contribution >= 4 is 5.97 Å². The van der Waals surface area contributed by atoms with Gasteiger partial charge in [0, 0.05) is 6.08 Å². The highest BCUT2D eigenvalue weighted by molar-refractivity contribution is 5.83. The minimum absolute atomic E-state index is 0.0358. The molecule has 0 rings (SSSR count). The number of rotatable bonds is 2. The molecule has 0 bridgehead atoms. The van der Waals surface area contributed by atoms with E-state index >= 15 is 0 Å². The van der Waals surface area contributed by atoms with Crippen LogP contribution in [0.5, 0.6) is 0 Å². The SMILES string of the molecule is CCOC(=O)/C=C(\C#N)C(F)(F)F. The summed E-state index contributed by atoms with van der Waals surface area (Å²) in [5, 5.41) is 8.03. The standard InChI is InChI=1S/C7H6F3NO2/c1-2-13-6(12)3-5(4-11)7(8,9)10/h3H,2H2,1H3/b5-3+. The minimum Gasteiger partial charge on any atom is -0.463 e. The van der Waals surface area contributed by atoms with Gasteiger partial charge >= 0.3 is 12.1 Å². The molecule has 0 aliphatic rings. The first-order chi connectivity index (χ1) is 5.91. The maximum absolute atomic E-state index is 11.8. The molecule has 0 N–H and O–H groups in total. The molecule has 72 valence electrons. The summed E-state index contributed by atoms with van der Waals surface area (Å²) < 4.78 is 39.7. The Hall–Kier alpha value is -1.51. The van der Waals surface area contributed by atoms with Crippen molar-refractivity contribution in [1.82, 2.24) is 0 Å². The number of hydrogen-bond donors (Lipinski definition) is 0. The van der Waals surface area contributed by atoms with Crippen LogP contribution in [0.1, 0.15) is 6.92 Å². The van der Waals surface area contributed by atoms with Gasteiger partial charge in [0.25, 0.3) is 0 Å². The second-order valence-electron chi connectivity index (χ2n) is 1.92. The Morgan fingerprint density at radius 2 is 2.15 bits per heavy atom. The van der Waals surface area contributed by atoms with Crippen molar-refractivity contribution in [2.75, 3.05) is 6.61 Å². The number of alkyl halides is 3. The first kappa shape index (κ1) is 11.5. The summed E-state index contributed by atoms with van der Waals surface area (Å²) >= 11 is 0. The van der Waals surface area contributed by atoms with Crippen LogP contribution in [0, 0.1) is 11.3 Å². The fraction of sp³-hybridized carbons (Fsp3) is 0.429. The van der Waals surface area contributed by atoms with E-state index in [-0.39, 0.29) is 12.7 Å². The van der Waals surface area contributed by atoms with Gasteiger partial charge in [-0.2, -0.15) is 18.4 Å². The van der Waals surface area contributed by atoms with Gasteiger partial charge in [0.15, 0.2) is 0 Å². The zero-order valence-corrected chi connectivity index (χ0v) is 6.68. The first-order valence-electron chi connectivity index (χ1n) is 3.27. The van der Waals surface area contributed by atoms with E-state index in [9.17, 15) is 18.0 Å². The Morgan fingerprint density at radius 1 is 1.62 bits per heavy atom. The maximum Gasteiger partial charge on any atom is 0.426 e. The molecule has 0 heterocycles. The third kappa shape index (κ3) is 4.15. The van der Waals surface area contributed by atoms with E-state index in [4.69, 9.17) is 5.26 Å². The fourth-order valence-electron chi connectivity index (χ4n) is 0.479. The number of halogens is 3. The molecule has 0 aliphatic carbocycles. The molecule has 0 saturated heterocycles. The summed E-state index contributed by atoms with van der Waals surface area (Å²) in [7, 11) is 0. The van der Waals surface area contributed by atoms with Crippen molar-refractivity contribution in [2.45, 2.75) is 13.1 Å². The lowest BCUT2D eigenvalue weighted by Crippen LogP contribution is -2.13. The molecule has 0 spiro atoms. The third-order valence-electron chi connectivity index (χ3n) is 0.975. The molecule has 0 aliphatic heterocycles. The first-order valence-corrected chi connectivity index (χ1v) is 3.27. The Bertz CT molecular complexity index is 262. The fourth-order valence-corrected chi connectivity index (χ4v) is 0.479. The molecule has 0 atom stereocenters. The minimum atomic E-state index is -4.80. The van der Waals surface area contributed by atoms with Crippen LogP contribution in [0.15, 0.2) is 11.6 Å². The number of carbonyl (C=O) groups is 1. The molecule has 0 radical (unpaired) electrons. The second-order valence-corrected chi connectivity index (χ2v) is 1.92. The van der Waals surface area contributed by atoms with Crippen LogP contribution in [0.4, 0.5) is 13.2 Å². The molecule has 13 heavy (non-hydrogen) atoms. The molecular weight excluding hydrogens is 187 g/mol. The van der Waals surface area contributed by atoms with Crippen molar-refractivity contribution in [3.63, 3.8) is 0 Å². The van der Waals surface area contributed by atoms with Crippen molar-refractivity contribution < 1.29 is 22.7 Å². The molecule has 0 aromatic heterocycles. The number of hydrogen-bond acceptors (Lipinski definition) is 3. The van der Waals surface area contributed by atoms with Gasteiger partial charge in [-0.25, -0.2) is 4.79 Å². The van der Waals surface area contributed by atoms with E-state index in [2.05, 4.69) is 4.74 Å². The molecule has 0 aromatic carbocycles. The van der Waals surface area contributed by atoms with Gasteiger partial charge in [0.05, 0.1) is 6.61 Å². The lowest BCUT2D eigenvalue weighted by molar-refractivity contribution is -0.138. The van der Waals surface area contributed by atoms with Crippen LogP contribution >= 0.6 is 0 Å². The Kier molecular flexibility index (Phi) is 3.98. The maximum atomic E-state index is 11.8. The van der Waals surface area contributed by atoms with Crippen LogP contribution in [0.3, 0.4) is 0 Å². The molecule has 3 nitrogen and oxygen atoms in total. The Balaban J connectivity index is 4.61. The van der Waals surface area contributed by atoms with Gasteiger partial charge in [-0.15, -0.1) is 0 Å². The van der Waals surface area contributed by atoms with Gasteiger partial charge in [0.2, 0.25) is 0 Å². The summed E-state index contributed by atoms with van der Waals surface area (Å²) in [6.07, 6.45) is -4.68. The summed E-state index contributed by atoms with van der Waals surface area (Å²) in [5.74, 6) is -1.17. The highest BCUT2D eigenvalue weighted by atomic mass is 19.4. The average Bonchev–Trinajstić information content (AvgIpc) is 1.98. The number of nitrogens with zero attached hydrogens (tertiary/aromatic N) is 1. The van der Waals surface area contributed by atoms with Gasteiger partial charge in [-0.3, -0.25) is 0 Å². The molecule has 0 unspecified atom stereocenters. The van der Waals surface area contributed by atoms with Crippen molar-refractivity contribution in [3.05, 3.63) is 11.6 Å². The van der Waals surface area contributed by atoms with Gasteiger partial charge in [-0.05, 0) is 6.92 Å². The normalized spacial score (nSPS) is 12.1. The smallest absolute Gasteiger partial charge is 0.426 e. The lowest BCUT2D eigenvalue weighted by Gasteiger charge is -2.02. The van der Waals surface area contributed by atoms with Crippen LogP contribution in [-0.4, -0.2) is 18.8 Å². The van der Waals surface area contributed by atoms with Crippen molar-refractivity contribution in [1.29, 1.82) is 5.26 Å². The predicted octanol–water partition coefficient (Wildman–Crippen LogP) is 1.56. The van der Waals surface area contributed by atoms with E-state index in [1.165, 1.54) is 6.92 Å². The summed E-state index contributed by atoms with van der Waals surface area (Å²) in [4.78, 5) is 10.5. The average molecular weight is 193 g/mol. The third-order valence-corrected chi connectivity index (χ3v) is 0.975. The quantitative estimate of drug-likeness (QED) is 0.380. The zero-order valence-electron chi connectivity index (χ0n) is 6.68. The highest BCUT2D eigenvalue weighted by Gasteiger charge is 2.34. The van der Waals surface area contributed by atoms with E-state index in [0.717, 1.165) is 6.07 Å². The number of esters is 1. The van der Waals surface area contributed by atoms with Crippen molar-refractivity contribution in [2.24, 2.45) is 0 Å². The van der Waals surface area contributed by atoms with Gasteiger partial charge in [-0.1, -0.05) is 0 Å². The molecule has 0 fully saturated rings. The Labute approximate surface area is 72.4 Å². The van der Waals surface area contributed by atoms with E-state index in [1.807, 2.05) is 0 Å². The molecule has 0 amide bonds. The summed E-state index contributed by atoms with van der Waals surface area (Å²) in [6, 6.07) is 0.867. The number of nitriles is 1. The second kappa shape index (κ2) is 4.50. The van der Waals surface area contributed by atoms with Crippen LogP contribution in [-0.2, 0) is 9.53 Å².